The average molecular weight is 418 g/mol. The molecule has 0 bridgehead atoms. The van der Waals surface area contributed by atoms with Gasteiger partial charge in [-0.2, -0.15) is 0 Å². The van der Waals surface area contributed by atoms with Crippen LogP contribution in [0.1, 0.15) is 48.2 Å². The number of fused-ring (bicyclic) bond motifs is 1. The van der Waals surface area contributed by atoms with E-state index in [2.05, 4.69) is 42.1 Å². The van der Waals surface area contributed by atoms with Gasteiger partial charge >= 0.3 is 0 Å². The second kappa shape index (κ2) is 8.43. The maximum absolute atomic E-state index is 12.9. The number of amides is 1. The van der Waals surface area contributed by atoms with E-state index in [0.717, 1.165) is 40.7 Å². The van der Waals surface area contributed by atoms with Crippen molar-refractivity contribution in [2.24, 2.45) is 0 Å². The number of rotatable bonds is 5. The third kappa shape index (κ3) is 4.56. The van der Waals surface area contributed by atoms with Crippen molar-refractivity contribution in [2.75, 3.05) is 23.9 Å². The highest BCUT2D eigenvalue weighted by Crippen LogP contribution is 2.32. The standard InChI is InChI=1S/C24H27N5O2/c1-24(2,3)23-27-19(15-31-4)13-21(28-23)26-18-7-8-20-16(12-18)9-11-29(20)22(30)17-6-5-10-25-14-17/h5-8,10,12-14H,9,11,15H2,1-4H3,(H,26,27,28). The molecule has 0 saturated heterocycles. The molecule has 1 aliphatic rings. The predicted molar refractivity (Wildman–Crippen MR) is 121 cm³/mol. The highest BCUT2D eigenvalue weighted by Gasteiger charge is 2.26. The van der Waals surface area contributed by atoms with Crippen molar-refractivity contribution in [3.63, 3.8) is 0 Å². The quantitative estimate of drug-likeness (QED) is 0.668. The second-order valence-corrected chi connectivity index (χ2v) is 8.67. The molecule has 0 atom stereocenters. The van der Waals surface area contributed by atoms with E-state index in [1.807, 2.05) is 23.1 Å². The van der Waals surface area contributed by atoms with Gasteiger partial charge in [0.25, 0.3) is 5.91 Å². The van der Waals surface area contributed by atoms with E-state index in [-0.39, 0.29) is 11.3 Å². The maximum atomic E-state index is 12.9. The van der Waals surface area contributed by atoms with Crippen molar-refractivity contribution in [2.45, 2.75) is 39.2 Å². The Labute approximate surface area is 182 Å². The molecule has 3 heterocycles. The van der Waals surface area contributed by atoms with E-state index in [1.165, 1.54) is 0 Å². The molecule has 2 aromatic heterocycles. The summed E-state index contributed by atoms with van der Waals surface area (Å²) in [7, 11) is 1.66. The Hall–Kier alpha value is -3.32. The van der Waals surface area contributed by atoms with Gasteiger partial charge in [-0.3, -0.25) is 9.78 Å². The number of hydrogen-bond acceptors (Lipinski definition) is 6. The summed E-state index contributed by atoms with van der Waals surface area (Å²) in [4.78, 5) is 28.1. The number of aromatic nitrogens is 3. The van der Waals surface area contributed by atoms with Crippen LogP contribution in [-0.2, 0) is 23.2 Å². The van der Waals surface area contributed by atoms with E-state index in [4.69, 9.17) is 9.72 Å². The van der Waals surface area contributed by atoms with Gasteiger partial charge in [0.15, 0.2) is 0 Å². The van der Waals surface area contributed by atoms with Crippen molar-refractivity contribution in [3.8, 4) is 0 Å². The molecule has 0 spiro atoms. The fraction of sp³-hybridized carbons (Fsp3) is 0.333. The zero-order chi connectivity index (χ0) is 22.0. The molecule has 0 saturated carbocycles. The normalized spacial score (nSPS) is 13.2. The van der Waals surface area contributed by atoms with E-state index in [1.54, 1.807) is 31.6 Å². The topological polar surface area (TPSA) is 80.2 Å². The summed E-state index contributed by atoms with van der Waals surface area (Å²) in [5, 5.41) is 3.40. The number of nitrogens with zero attached hydrogens (tertiary/aromatic N) is 4. The summed E-state index contributed by atoms with van der Waals surface area (Å²) >= 11 is 0. The van der Waals surface area contributed by atoms with Crippen molar-refractivity contribution in [1.29, 1.82) is 0 Å². The molecule has 0 unspecified atom stereocenters. The first kappa shape index (κ1) is 20.9. The molecule has 160 valence electrons. The van der Waals surface area contributed by atoms with Gasteiger partial charge < -0.3 is 15.0 Å². The zero-order valence-corrected chi connectivity index (χ0v) is 18.3. The van der Waals surface area contributed by atoms with Crippen LogP contribution in [-0.4, -0.2) is 34.5 Å². The highest BCUT2D eigenvalue weighted by atomic mass is 16.5. The molecule has 4 rings (SSSR count). The molecule has 0 aliphatic carbocycles. The largest absolute Gasteiger partial charge is 0.378 e. The lowest BCUT2D eigenvalue weighted by molar-refractivity contribution is 0.0989. The van der Waals surface area contributed by atoms with Crippen LogP contribution in [0.5, 0.6) is 0 Å². The first-order chi connectivity index (χ1) is 14.8. The lowest BCUT2D eigenvalue weighted by Gasteiger charge is -2.19. The summed E-state index contributed by atoms with van der Waals surface area (Å²) in [6.07, 6.45) is 4.08. The molecule has 0 fully saturated rings. The Morgan fingerprint density at radius 2 is 2.03 bits per heavy atom. The molecule has 1 aromatic carbocycles. The van der Waals surface area contributed by atoms with Crippen LogP contribution < -0.4 is 10.2 Å². The minimum absolute atomic E-state index is 0.0256. The number of anilines is 3. The van der Waals surface area contributed by atoms with Crippen LogP contribution in [0, 0.1) is 0 Å². The smallest absolute Gasteiger partial charge is 0.259 e. The highest BCUT2D eigenvalue weighted by molar-refractivity contribution is 6.07. The number of benzene rings is 1. The number of hydrogen-bond donors (Lipinski definition) is 1. The number of methoxy groups -OCH3 is 1. The number of ether oxygens (including phenoxy) is 1. The maximum Gasteiger partial charge on any atom is 0.259 e. The number of nitrogens with one attached hydrogen (secondary N) is 1. The van der Waals surface area contributed by atoms with E-state index >= 15 is 0 Å². The molecule has 3 aromatic rings. The second-order valence-electron chi connectivity index (χ2n) is 8.67. The van der Waals surface area contributed by atoms with Crippen LogP contribution in [0.25, 0.3) is 0 Å². The van der Waals surface area contributed by atoms with E-state index < -0.39 is 0 Å². The van der Waals surface area contributed by atoms with Gasteiger partial charge in [-0.15, -0.1) is 0 Å². The third-order valence-electron chi connectivity index (χ3n) is 5.14. The summed E-state index contributed by atoms with van der Waals surface area (Å²) in [5.74, 6) is 1.47. The van der Waals surface area contributed by atoms with Crippen molar-refractivity contribution < 1.29 is 9.53 Å². The Balaban J connectivity index is 1.58. The molecule has 0 radical (unpaired) electrons. The molecule has 31 heavy (non-hydrogen) atoms. The lowest BCUT2D eigenvalue weighted by atomic mass is 9.95. The average Bonchev–Trinajstić information content (AvgIpc) is 3.16. The Bertz CT molecular complexity index is 1090. The first-order valence-electron chi connectivity index (χ1n) is 10.3. The van der Waals surface area contributed by atoms with Crippen LogP contribution in [0.4, 0.5) is 17.2 Å². The molecular formula is C24H27N5O2. The molecule has 1 N–H and O–H groups in total. The monoisotopic (exact) mass is 417 g/mol. The molecule has 7 nitrogen and oxygen atoms in total. The van der Waals surface area contributed by atoms with Crippen LogP contribution in [0.3, 0.4) is 0 Å². The van der Waals surface area contributed by atoms with Crippen LogP contribution >= 0.6 is 0 Å². The van der Waals surface area contributed by atoms with Crippen molar-refractivity contribution in [3.05, 3.63) is 71.4 Å². The van der Waals surface area contributed by atoms with Gasteiger partial charge in [0.1, 0.15) is 11.6 Å². The van der Waals surface area contributed by atoms with Gasteiger partial charge in [-0.25, -0.2) is 9.97 Å². The van der Waals surface area contributed by atoms with Crippen molar-refractivity contribution in [1.82, 2.24) is 15.0 Å². The molecular weight excluding hydrogens is 390 g/mol. The minimum Gasteiger partial charge on any atom is -0.378 e. The van der Waals surface area contributed by atoms with Gasteiger partial charge in [-0.1, -0.05) is 20.8 Å². The van der Waals surface area contributed by atoms with Crippen molar-refractivity contribution >= 4 is 23.1 Å². The predicted octanol–water partition coefficient (Wildman–Crippen LogP) is 4.26. The van der Waals surface area contributed by atoms with Crippen LogP contribution in [0.2, 0.25) is 0 Å². The van der Waals surface area contributed by atoms with E-state index in [0.29, 0.717) is 18.7 Å². The minimum atomic E-state index is -0.175. The first-order valence-corrected chi connectivity index (χ1v) is 10.3. The zero-order valence-electron chi connectivity index (χ0n) is 18.3. The Morgan fingerprint density at radius 3 is 2.74 bits per heavy atom. The lowest BCUT2D eigenvalue weighted by Crippen LogP contribution is -2.28. The molecule has 7 heteroatoms. The van der Waals surface area contributed by atoms with Gasteiger partial charge in [0.05, 0.1) is 17.9 Å². The Kier molecular flexibility index (Phi) is 5.69. The fourth-order valence-corrected chi connectivity index (χ4v) is 3.60. The molecule has 1 aliphatic heterocycles. The SMILES string of the molecule is COCc1cc(Nc2ccc3c(c2)CCN3C(=O)c2cccnc2)nc(C(C)(C)C)n1. The summed E-state index contributed by atoms with van der Waals surface area (Å²) in [5.41, 5.74) is 4.25. The van der Waals surface area contributed by atoms with Gasteiger partial charge in [0.2, 0.25) is 0 Å². The number of pyridine rings is 1. The summed E-state index contributed by atoms with van der Waals surface area (Å²) < 4.78 is 5.27. The third-order valence-corrected chi connectivity index (χ3v) is 5.14. The van der Waals surface area contributed by atoms with E-state index in [9.17, 15) is 4.79 Å². The van der Waals surface area contributed by atoms with Crippen LogP contribution in [0.15, 0.2) is 48.8 Å². The van der Waals surface area contributed by atoms with Gasteiger partial charge in [-0.05, 0) is 42.3 Å². The summed E-state index contributed by atoms with van der Waals surface area (Å²) in [6, 6.07) is 11.5. The number of carbonyl (C=O) groups excluding carboxylic acids is 1. The summed E-state index contributed by atoms with van der Waals surface area (Å²) in [6.45, 7) is 7.35. The number of carbonyl (C=O) groups is 1. The van der Waals surface area contributed by atoms with Gasteiger partial charge in [0, 0.05) is 48.9 Å². The fourth-order valence-electron chi connectivity index (χ4n) is 3.60. The molecule has 1 amide bonds. The Morgan fingerprint density at radius 1 is 1.19 bits per heavy atom.